The van der Waals surface area contributed by atoms with Gasteiger partial charge in [-0.2, -0.15) is 0 Å². The normalized spacial score (nSPS) is 14.5. The SMILES string of the molecule is CC(=O)c1ccnc2c1CC(C)=C2C. The van der Waals surface area contributed by atoms with Crippen molar-refractivity contribution in [3.63, 3.8) is 0 Å². The van der Waals surface area contributed by atoms with E-state index in [2.05, 4.69) is 18.8 Å². The molecule has 0 amide bonds. The molecule has 0 fully saturated rings. The van der Waals surface area contributed by atoms with E-state index in [1.807, 2.05) is 6.07 Å². The van der Waals surface area contributed by atoms with Gasteiger partial charge in [-0.1, -0.05) is 5.57 Å². The number of fused-ring (bicyclic) bond motifs is 1. The van der Waals surface area contributed by atoms with Crippen LogP contribution in [0.4, 0.5) is 0 Å². The van der Waals surface area contributed by atoms with Crippen LogP contribution in [0.15, 0.2) is 17.8 Å². The molecule has 1 aliphatic rings. The highest BCUT2D eigenvalue weighted by atomic mass is 16.1. The highest BCUT2D eigenvalue weighted by molar-refractivity contribution is 5.97. The quantitative estimate of drug-likeness (QED) is 0.632. The molecule has 1 aliphatic carbocycles. The number of rotatable bonds is 1. The number of hydrogen-bond acceptors (Lipinski definition) is 2. The molecule has 0 aliphatic heterocycles. The van der Waals surface area contributed by atoms with Crippen LogP contribution in [-0.4, -0.2) is 10.8 Å². The predicted octanol–water partition coefficient (Wildman–Crippen LogP) is 2.63. The number of pyridine rings is 1. The molecule has 2 rings (SSSR count). The maximum absolute atomic E-state index is 11.4. The topological polar surface area (TPSA) is 30.0 Å². The van der Waals surface area contributed by atoms with Gasteiger partial charge in [-0.15, -0.1) is 0 Å². The number of nitrogens with zero attached hydrogens (tertiary/aromatic N) is 1. The number of allylic oxidation sites excluding steroid dienone is 2. The molecule has 0 unspecified atom stereocenters. The van der Waals surface area contributed by atoms with Gasteiger partial charge < -0.3 is 0 Å². The maximum Gasteiger partial charge on any atom is 0.160 e. The second kappa shape index (κ2) is 3.05. The van der Waals surface area contributed by atoms with Crippen LogP contribution in [0.2, 0.25) is 0 Å². The first-order valence-corrected chi connectivity index (χ1v) is 4.77. The van der Waals surface area contributed by atoms with Crippen LogP contribution in [0.25, 0.3) is 5.57 Å². The average molecular weight is 187 g/mol. The second-order valence-corrected chi connectivity index (χ2v) is 3.82. The molecule has 0 saturated carbocycles. The van der Waals surface area contributed by atoms with E-state index >= 15 is 0 Å². The van der Waals surface area contributed by atoms with Crippen molar-refractivity contribution in [2.45, 2.75) is 27.2 Å². The number of Topliss-reactive ketones (excluding diaryl/α,β-unsaturated/α-hetero) is 1. The number of ketones is 1. The molecular weight excluding hydrogens is 174 g/mol. The zero-order valence-corrected chi connectivity index (χ0v) is 8.72. The van der Waals surface area contributed by atoms with Crippen LogP contribution < -0.4 is 0 Å². The van der Waals surface area contributed by atoms with Gasteiger partial charge in [0.05, 0.1) is 5.69 Å². The van der Waals surface area contributed by atoms with Crippen LogP contribution in [0.1, 0.15) is 42.4 Å². The summed E-state index contributed by atoms with van der Waals surface area (Å²) in [6.45, 7) is 5.78. The summed E-state index contributed by atoms with van der Waals surface area (Å²) in [4.78, 5) is 15.7. The fraction of sp³-hybridized carbons (Fsp3) is 0.333. The largest absolute Gasteiger partial charge is 0.294 e. The lowest BCUT2D eigenvalue weighted by Crippen LogP contribution is -2.01. The molecular formula is C12H13NO. The van der Waals surface area contributed by atoms with E-state index in [1.165, 1.54) is 11.1 Å². The van der Waals surface area contributed by atoms with Crippen LogP contribution in [0.5, 0.6) is 0 Å². The lowest BCUT2D eigenvalue weighted by atomic mass is 10.0. The molecule has 1 aromatic rings. The van der Waals surface area contributed by atoms with Crippen molar-refractivity contribution < 1.29 is 4.79 Å². The van der Waals surface area contributed by atoms with Gasteiger partial charge in [0.15, 0.2) is 5.78 Å². The first-order chi connectivity index (χ1) is 6.61. The second-order valence-electron chi connectivity index (χ2n) is 3.82. The Hall–Kier alpha value is -1.44. The van der Waals surface area contributed by atoms with Gasteiger partial charge in [-0.25, -0.2) is 0 Å². The third kappa shape index (κ3) is 1.18. The Labute approximate surface area is 83.7 Å². The Morgan fingerprint density at radius 2 is 2.14 bits per heavy atom. The molecule has 1 aromatic heterocycles. The molecule has 0 aromatic carbocycles. The Kier molecular flexibility index (Phi) is 1.99. The van der Waals surface area contributed by atoms with Crippen molar-refractivity contribution >= 4 is 11.4 Å². The summed E-state index contributed by atoms with van der Waals surface area (Å²) in [7, 11) is 0. The van der Waals surface area contributed by atoms with Gasteiger partial charge in [0.25, 0.3) is 0 Å². The minimum absolute atomic E-state index is 0.131. The molecule has 0 atom stereocenters. The number of aromatic nitrogens is 1. The molecule has 0 saturated heterocycles. The number of hydrogen-bond donors (Lipinski definition) is 0. The first-order valence-electron chi connectivity index (χ1n) is 4.77. The first kappa shape index (κ1) is 9.13. The number of carbonyl (C=O) groups is 1. The molecule has 2 heteroatoms. The summed E-state index contributed by atoms with van der Waals surface area (Å²) in [6.07, 6.45) is 2.60. The highest BCUT2D eigenvalue weighted by Crippen LogP contribution is 2.32. The minimum atomic E-state index is 0.131. The minimum Gasteiger partial charge on any atom is -0.294 e. The van der Waals surface area contributed by atoms with Gasteiger partial charge >= 0.3 is 0 Å². The van der Waals surface area contributed by atoms with Crippen LogP contribution in [0, 0.1) is 0 Å². The summed E-state index contributed by atoms with van der Waals surface area (Å²) in [5.41, 5.74) is 5.49. The monoisotopic (exact) mass is 187 g/mol. The molecule has 14 heavy (non-hydrogen) atoms. The summed E-state index contributed by atoms with van der Waals surface area (Å²) in [5.74, 6) is 0.131. The van der Waals surface area contributed by atoms with Crippen molar-refractivity contribution in [2.24, 2.45) is 0 Å². The molecule has 0 spiro atoms. The summed E-state index contributed by atoms with van der Waals surface area (Å²) in [6, 6.07) is 1.81. The Bertz CT molecular complexity index is 444. The number of carbonyl (C=O) groups excluding carboxylic acids is 1. The highest BCUT2D eigenvalue weighted by Gasteiger charge is 2.21. The van der Waals surface area contributed by atoms with E-state index in [4.69, 9.17) is 0 Å². The van der Waals surface area contributed by atoms with Gasteiger partial charge in [0, 0.05) is 11.8 Å². The van der Waals surface area contributed by atoms with Crippen molar-refractivity contribution in [2.75, 3.05) is 0 Å². The Balaban J connectivity index is 2.62. The Morgan fingerprint density at radius 1 is 1.43 bits per heavy atom. The zero-order valence-electron chi connectivity index (χ0n) is 8.72. The molecule has 2 nitrogen and oxygen atoms in total. The third-order valence-electron chi connectivity index (χ3n) is 2.87. The fourth-order valence-corrected chi connectivity index (χ4v) is 1.92. The summed E-state index contributed by atoms with van der Waals surface area (Å²) in [5, 5.41) is 0. The van der Waals surface area contributed by atoms with Gasteiger partial charge in [0.1, 0.15) is 0 Å². The van der Waals surface area contributed by atoms with Crippen molar-refractivity contribution in [1.29, 1.82) is 0 Å². The Morgan fingerprint density at radius 3 is 2.79 bits per heavy atom. The summed E-state index contributed by atoms with van der Waals surface area (Å²) >= 11 is 0. The van der Waals surface area contributed by atoms with E-state index in [0.29, 0.717) is 0 Å². The van der Waals surface area contributed by atoms with E-state index in [0.717, 1.165) is 23.2 Å². The van der Waals surface area contributed by atoms with E-state index in [1.54, 1.807) is 13.1 Å². The van der Waals surface area contributed by atoms with Gasteiger partial charge in [0.2, 0.25) is 0 Å². The summed E-state index contributed by atoms with van der Waals surface area (Å²) < 4.78 is 0. The van der Waals surface area contributed by atoms with E-state index in [9.17, 15) is 4.79 Å². The molecule has 0 radical (unpaired) electrons. The molecule has 72 valence electrons. The maximum atomic E-state index is 11.4. The standard InChI is InChI=1S/C12H13NO/c1-7-6-11-10(9(3)14)4-5-13-12(11)8(7)2/h4-5H,6H2,1-3H3. The molecule has 1 heterocycles. The fourth-order valence-electron chi connectivity index (χ4n) is 1.92. The van der Waals surface area contributed by atoms with Crippen molar-refractivity contribution in [1.82, 2.24) is 4.98 Å². The van der Waals surface area contributed by atoms with E-state index < -0.39 is 0 Å². The van der Waals surface area contributed by atoms with Crippen molar-refractivity contribution in [3.05, 3.63) is 34.7 Å². The predicted molar refractivity (Wildman–Crippen MR) is 56.2 cm³/mol. The van der Waals surface area contributed by atoms with Crippen molar-refractivity contribution in [3.8, 4) is 0 Å². The lowest BCUT2D eigenvalue weighted by Gasteiger charge is -2.04. The molecule has 0 N–H and O–H groups in total. The zero-order chi connectivity index (χ0) is 10.3. The molecule has 0 bridgehead atoms. The van der Waals surface area contributed by atoms with Gasteiger partial charge in [-0.3, -0.25) is 9.78 Å². The van der Waals surface area contributed by atoms with Crippen LogP contribution in [-0.2, 0) is 6.42 Å². The average Bonchev–Trinajstić information content (AvgIpc) is 2.43. The smallest absolute Gasteiger partial charge is 0.160 e. The van der Waals surface area contributed by atoms with E-state index in [-0.39, 0.29) is 5.78 Å². The van der Waals surface area contributed by atoms with Crippen LogP contribution >= 0.6 is 0 Å². The van der Waals surface area contributed by atoms with Crippen LogP contribution in [0.3, 0.4) is 0 Å². The van der Waals surface area contributed by atoms with Gasteiger partial charge in [-0.05, 0) is 44.4 Å². The third-order valence-corrected chi connectivity index (χ3v) is 2.87. The lowest BCUT2D eigenvalue weighted by molar-refractivity contribution is 0.101.